The highest BCUT2D eigenvalue weighted by atomic mass is 16.6. The van der Waals surface area contributed by atoms with Gasteiger partial charge < -0.3 is 19.7 Å². The predicted octanol–water partition coefficient (Wildman–Crippen LogP) is 3.07. The van der Waals surface area contributed by atoms with Crippen molar-refractivity contribution in [2.75, 3.05) is 20.2 Å². The quantitative estimate of drug-likeness (QED) is 0.911. The molecule has 0 spiro atoms. The molecule has 0 bridgehead atoms. The second kappa shape index (κ2) is 7.76. The number of amides is 2. The van der Waals surface area contributed by atoms with Crippen LogP contribution in [0, 0.1) is 5.92 Å². The summed E-state index contributed by atoms with van der Waals surface area (Å²) < 4.78 is 10.6. The SMILES string of the molecule is COc1ccccc1C(=O)N1CC[C@@H](NC(=O)OC(C)(C)C)[C@H](C)C1. The average Bonchev–Trinajstić information content (AvgIpc) is 2.54. The number of carbonyl (C=O) groups is 2. The predicted molar refractivity (Wildman–Crippen MR) is 95.8 cm³/mol. The summed E-state index contributed by atoms with van der Waals surface area (Å²) in [5.41, 5.74) is 0.0455. The zero-order valence-electron chi connectivity index (χ0n) is 15.7. The van der Waals surface area contributed by atoms with E-state index in [0.29, 0.717) is 30.8 Å². The Morgan fingerprint density at radius 3 is 2.52 bits per heavy atom. The van der Waals surface area contributed by atoms with Crippen LogP contribution in [-0.4, -0.2) is 48.7 Å². The number of rotatable bonds is 3. The molecule has 0 unspecified atom stereocenters. The molecule has 0 radical (unpaired) electrons. The highest BCUT2D eigenvalue weighted by molar-refractivity contribution is 5.97. The number of nitrogens with zero attached hydrogens (tertiary/aromatic N) is 1. The van der Waals surface area contributed by atoms with E-state index in [9.17, 15) is 9.59 Å². The first-order chi connectivity index (χ1) is 11.7. The highest BCUT2D eigenvalue weighted by Gasteiger charge is 2.32. The summed E-state index contributed by atoms with van der Waals surface area (Å²) in [5, 5.41) is 2.92. The molecule has 1 aliphatic heterocycles. The van der Waals surface area contributed by atoms with Crippen molar-refractivity contribution in [3.63, 3.8) is 0 Å². The smallest absolute Gasteiger partial charge is 0.407 e. The topological polar surface area (TPSA) is 67.9 Å². The van der Waals surface area contributed by atoms with Gasteiger partial charge in [-0.25, -0.2) is 4.79 Å². The summed E-state index contributed by atoms with van der Waals surface area (Å²) in [5.74, 6) is 0.675. The van der Waals surface area contributed by atoms with Gasteiger partial charge in [0.1, 0.15) is 11.4 Å². The van der Waals surface area contributed by atoms with Crippen LogP contribution in [0.1, 0.15) is 44.5 Å². The Morgan fingerprint density at radius 2 is 1.92 bits per heavy atom. The van der Waals surface area contributed by atoms with Crippen LogP contribution in [0.4, 0.5) is 4.79 Å². The fourth-order valence-corrected chi connectivity index (χ4v) is 3.00. The van der Waals surface area contributed by atoms with Gasteiger partial charge in [-0.1, -0.05) is 19.1 Å². The number of hydrogen-bond acceptors (Lipinski definition) is 4. The van der Waals surface area contributed by atoms with Crippen LogP contribution in [0.15, 0.2) is 24.3 Å². The Morgan fingerprint density at radius 1 is 1.24 bits per heavy atom. The molecule has 2 amide bonds. The minimum atomic E-state index is -0.520. The van der Waals surface area contributed by atoms with Crippen LogP contribution in [-0.2, 0) is 4.74 Å². The maximum atomic E-state index is 12.8. The van der Waals surface area contributed by atoms with Crippen LogP contribution in [0.5, 0.6) is 5.75 Å². The van der Waals surface area contributed by atoms with E-state index in [1.165, 1.54) is 0 Å². The lowest BCUT2D eigenvalue weighted by Gasteiger charge is -2.37. The summed E-state index contributed by atoms with van der Waals surface area (Å²) in [6.45, 7) is 8.71. The molecule has 0 aromatic heterocycles. The van der Waals surface area contributed by atoms with Gasteiger partial charge in [0.05, 0.1) is 12.7 Å². The molecule has 1 fully saturated rings. The molecule has 0 saturated carbocycles. The van der Waals surface area contributed by atoms with Gasteiger partial charge in [-0.05, 0) is 45.2 Å². The van der Waals surface area contributed by atoms with Gasteiger partial charge in [0.15, 0.2) is 0 Å². The second-order valence-electron chi connectivity index (χ2n) is 7.47. The van der Waals surface area contributed by atoms with E-state index in [0.717, 1.165) is 0 Å². The Hall–Kier alpha value is -2.24. The van der Waals surface area contributed by atoms with Gasteiger partial charge in [-0.3, -0.25) is 4.79 Å². The third-order valence-corrected chi connectivity index (χ3v) is 4.23. The minimum absolute atomic E-state index is 0.00318. The van der Waals surface area contributed by atoms with Gasteiger partial charge in [-0.2, -0.15) is 0 Å². The molecule has 1 N–H and O–H groups in total. The number of ether oxygens (including phenoxy) is 2. The van der Waals surface area contributed by atoms with E-state index in [4.69, 9.17) is 9.47 Å². The number of likely N-dealkylation sites (tertiary alicyclic amines) is 1. The number of piperidine rings is 1. The van der Waals surface area contributed by atoms with Crippen molar-refractivity contribution in [2.45, 2.75) is 45.8 Å². The lowest BCUT2D eigenvalue weighted by atomic mass is 9.93. The summed E-state index contributed by atoms with van der Waals surface area (Å²) in [6.07, 6.45) is 0.287. The van der Waals surface area contributed by atoms with Crippen molar-refractivity contribution < 1.29 is 19.1 Å². The lowest BCUT2D eigenvalue weighted by Crippen LogP contribution is -2.52. The molecule has 25 heavy (non-hydrogen) atoms. The minimum Gasteiger partial charge on any atom is -0.496 e. The number of methoxy groups -OCH3 is 1. The normalized spacial score (nSPS) is 20.8. The van der Waals surface area contributed by atoms with Gasteiger partial charge >= 0.3 is 6.09 Å². The Balaban J connectivity index is 1.97. The fraction of sp³-hybridized carbons (Fsp3) is 0.579. The van der Waals surface area contributed by atoms with Crippen LogP contribution in [0.25, 0.3) is 0 Å². The number of benzene rings is 1. The zero-order valence-corrected chi connectivity index (χ0v) is 15.7. The zero-order chi connectivity index (χ0) is 18.6. The molecule has 6 nitrogen and oxygen atoms in total. The van der Waals surface area contributed by atoms with Crippen molar-refractivity contribution in [2.24, 2.45) is 5.92 Å². The Bertz CT molecular complexity index is 624. The molecule has 1 heterocycles. The molecule has 0 aliphatic carbocycles. The molecule has 2 atom stereocenters. The first-order valence-electron chi connectivity index (χ1n) is 8.63. The first-order valence-corrected chi connectivity index (χ1v) is 8.63. The highest BCUT2D eigenvalue weighted by Crippen LogP contribution is 2.24. The maximum Gasteiger partial charge on any atom is 0.407 e. The molecule has 6 heteroatoms. The van der Waals surface area contributed by atoms with Crippen molar-refractivity contribution >= 4 is 12.0 Å². The van der Waals surface area contributed by atoms with E-state index >= 15 is 0 Å². The molecule has 2 rings (SSSR count). The van der Waals surface area contributed by atoms with E-state index < -0.39 is 11.7 Å². The largest absolute Gasteiger partial charge is 0.496 e. The number of alkyl carbamates (subject to hydrolysis) is 1. The third-order valence-electron chi connectivity index (χ3n) is 4.23. The fourth-order valence-electron chi connectivity index (χ4n) is 3.00. The van der Waals surface area contributed by atoms with Crippen molar-refractivity contribution in [1.82, 2.24) is 10.2 Å². The molecule has 1 saturated heterocycles. The summed E-state index contributed by atoms with van der Waals surface area (Å²) in [7, 11) is 1.56. The van der Waals surface area contributed by atoms with Gasteiger partial charge in [-0.15, -0.1) is 0 Å². The molecular formula is C19H28N2O4. The lowest BCUT2D eigenvalue weighted by molar-refractivity contribution is 0.0431. The van der Waals surface area contributed by atoms with E-state index in [1.54, 1.807) is 19.2 Å². The molecule has 1 aromatic rings. The van der Waals surface area contributed by atoms with Crippen LogP contribution in [0.3, 0.4) is 0 Å². The van der Waals surface area contributed by atoms with E-state index in [1.807, 2.05) is 44.7 Å². The average molecular weight is 348 g/mol. The van der Waals surface area contributed by atoms with Crippen molar-refractivity contribution in [1.29, 1.82) is 0 Å². The van der Waals surface area contributed by atoms with Gasteiger partial charge in [0.2, 0.25) is 0 Å². The number of nitrogens with one attached hydrogen (secondary N) is 1. The number of carbonyl (C=O) groups excluding carboxylic acids is 2. The molecule has 138 valence electrons. The molecule has 1 aliphatic rings. The Labute approximate surface area is 149 Å². The van der Waals surface area contributed by atoms with E-state index in [2.05, 4.69) is 5.32 Å². The summed E-state index contributed by atoms with van der Waals surface area (Å²) in [6, 6.07) is 7.23. The van der Waals surface area contributed by atoms with Crippen molar-refractivity contribution in [3.05, 3.63) is 29.8 Å². The molecular weight excluding hydrogens is 320 g/mol. The van der Waals surface area contributed by atoms with Crippen molar-refractivity contribution in [3.8, 4) is 5.75 Å². The Kier molecular flexibility index (Phi) is 5.93. The van der Waals surface area contributed by atoms with Crippen LogP contribution < -0.4 is 10.1 Å². The van der Waals surface area contributed by atoms with Crippen LogP contribution in [0.2, 0.25) is 0 Å². The second-order valence-corrected chi connectivity index (χ2v) is 7.47. The maximum absolute atomic E-state index is 12.8. The summed E-state index contributed by atoms with van der Waals surface area (Å²) >= 11 is 0. The number of hydrogen-bond donors (Lipinski definition) is 1. The molecule has 1 aromatic carbocycles. The van der Waals surface area contributed by atoms with Gasteiger partial charge in [0, 0.05) is 19.1 Å². The van der Waals surface area contributed by atoms with Gasteiger partial charge in [0.25, 0.3) is 5.91 Å². The monoisotopic (exact) mass is 348 g/mol. The number of para-hydroxylation sites is 1. The van der Waals surface area contributed by atoms with Crippen LogP contribution >= 0.6 is 0 Å². The third kappa shape index (κ3) is 5.11. The van der Waals surface area contributed by atoms with E-state index in [-0.39, 0.29) is 17.9 Å². The first kappa shape index (κ1) is 19.1. The standard InChI is InChI=1S/C19H28N2O4/c1-13-12-21(17(22)14-8-6-7-9-16(14)24-5)11-10-15(13)20-18(23)25-19(2,3)4/h6-9,13,15H,10-12H2,1-5H3,(H,20,23)/t13-,15-/m1/s1. The summed E-state index contributed by atoms with van der Waals surface area (Å²) in [4.78, 5) is 26.6.